The molecule has 6 heteroatoms. The Morgan fingerprint density at radius 3 is 2.83 bits per heavy atom. The lowest BCUT2D eigenvalue weighted by molar-refractivity contribution is 0.628. The standard InChI is InChI=1S/C18H18FN5/c1-2-20-18-21-10-9-14(22-18)16-15-4-3-11-24(15)23-17(16)12-5-7-13(19)8-6-12/h5-10H,2-4,11H2,1H3,(H,20,21,22). The molecule has 24 heavy (non-hydrogen) atoms. The first kappa shape index (κ1) is 14.8. The molecular weight excluding hydrogens is 305 g/mol. The number of nitrogens with one attached hydrogen (secondary N) is 1. The van der Waals surface area contributed by atoms with E-state index in [1.54, 1.807) is 18.3 Å². The Bertz CT molecular complexity index is 870. The van der Waals surface area contributed by atoms with Crippen molar-refractivity contribution in [3.8, 4) is 22.5 Å². The Morgan fingerprint density at radius 1 is 1.21 bits per heavy atom. The molecule has 1 aliphatic rings. The summed E-state index contributed by atoms with van der Waals surface area (Å²) in [5.74, 6) is 0.363. The number of benzene rings is 1. The van der Waals surface area contributed by atoms with Crippen molar-refractivity contribution in [1.82, 2.24) is 19.7 Å². The maximum absolute atomic E-state index is 13.3. The summed E-state index contributed by atoms with van der Waals surface area (Å²) in [6, 6.07) is 8.37. The van der Waals surface area contributed by atoms with Crippen LogP contribution in [0, 0.1) is 5.82 Å². The summed E-state index contributed by atoms with van der Waals surface area (Å²) in [6.45, 7) is 3.69. The fraction of sp³-hybridized carbons (Fsp3) is 0.278. The predicted molar refractivity (Wildman–Crippen MR) is 91.1 cm³/mol. The average molecular weight is 323 g/mol. The van der Waals surface area contributed by atoms with Gasteiger partial charge in [0.25, 0.3) is 0 Å². The molecule has 1 N–H and O–H groups in total. The van der Waals surface area contributed by atoms with Crippen LogP contribution in [0.25, 0.3) is 22.5 Å². The van der Waals surface area contributed by atoms with E-state index < -0.39 is 0 Å². The summed E-state index contributed by atoms with van der Waals surface area (Å²) in [5, 5.41) is 7.90. The van der Waals surface area contributed by atoms with Crippen LogP contribution in [0.15, 0.2) is 36.5 Å². The summed E-state index contributed by atoms with van der Waals surface area (Å²) in [4.78, 5) is 8.88. The van der Waals surface area contributed by atoms with Gasteiger partial charge in [0.05, 0.1) is 5.69 Å². The molecule has 122 valence electrons. The quantitative estimate of drug-likeness (QED) is 0.798. The van der Waals surface area contributed by atoms with Crippen LogP contribution >= 0.6 is 0 Å². The molecule has 0 saturated heterocycles. The molecule has 5 nitrogen and oxygen atoms in total. The highest BCUT2D eigenvalue weighted by molar-refractivity contribution is 5.81. The van der Waals surface area contributed by atoms with E-state index in [1.807, 2.05) is 17.7 Å². The summed E-state index contributed by atoms with van der Waals surface area (Å²) in [7, 11) is 0. The maximum atomic E-state index is 13.3. The molecule has 3 aromatic rings. The van der Waals surface area contributed by atoms with E-state index in [0.717, 1.165) is 48.4 Å². The molecule has 0 amide bonds. The van der Waals surface area contributed by atoms with Gasteiger partial charge in [-0.15, -0.1) is 0 Å². The zero-order valence-corrected chi connectivity index (χ0v) is 13.5. The number of hydrogen-bond acceptors (Lipinski definition) is 4. The molecule has 0 spiro atoms. The minimum atomic E-state index is -0.247. The van der Waals surface area contributed by atoms with E-state index >= 15 is 0 Å². The van der Waals surface area contributed by atoms with E-state index in [2.05, 4.69) is 15.3 Å². The fourth-order valence-corrected chi connectivity index (χ4v) is 3.15. The van der Waals surface area contributed by atoms with Crippen LogP contribution in [0.2, 0.25) is 0 Å². The Balaban J connectivity index is 1.87. The van der Waals surface area contributed by atoms with Crippen molar-refractivity contribution >= 4 is 5.95 Å². The zero-order chi connectivity index (χ0) is 16.5. The van der Waals surface area contributed by atoms with Gasteiger partial charge in [-0.1, -0.05) is 0 Å². The smallest absolute Gasteiger partial charge is 0.223 e. The van der Waals surface area contributed by atoms with Crippen molar-refractivity contribution in [1.29, 1.82) is 0 Å². The third-order valence-corrected chi connectivity index (χ3v) is 4.21. The number of rotatable bonds is 4. The van der Waals surface area contributed by atoms with Crippen LogP contribution in [0.4, 0.5) is 10.3 Å². The lowest BCUT2D eigenvalue weighted by Crippen LogP contribution is -2.02. The highest BCUT2D eigenvalue weighted by Crippen LogP contribution is 2.36. The Hall–Kier alpha value is -2.76. The molecule has 0 bridgehead atoms. The summed E-state index contributed by atoms with van der Waals surface area (Å²) in [6.07, 6.45) is 3.82. The Morgan fingerprint density at radius 2 is 2.04 bits per heavy atom. The molecule has 0 saturated carbocycles. The third-order valence-electron chi connectivity index (χ3n) is 4.21. The van der Waals surface area contributed by atoms with Crippen LogP contribution in [-0.4, -0.2) is 26.3 Å². The second-order valence-electron chi connectivity index (χ2n) is 5.80. The molecule has 4 rings (SSSR count). The van der Waals surface area contributed by atoms with Crippen LogP contribution in [0.3, 0.4) is 0 Å². The predicted octanol–water partition coefficient (Wildman–Crippen LogP) is 3.52. The summed E-state index contributed by atoms with van der Waals surface area (Å²) < 4.78 is 15.3. The monoisotopic (exact) mass is 323 g/mol. The second kappa shape index (κ2) is 6.03. The highest BCUT2D eigenvalue weighted by Gasteiger charge is 2.24. The highest BCUT2D eigenvalue weighted by atomic mass is 19.1. The number of halogens is 1. The first-order valence-electron chi connectivity index (χ1n) is 8.19. The van der Waals surface area contributed by atoms with Crippen molar-refractivity contribution in [2.75, 3.05) is 11.9 Å². The molecule has 1 aliphatic heterocycles. The number of fused-ring (bicyclic) bond motifs is 1. The lowest BCUT2D eigenvalue weighted by Gasteiger charge is -2.07. The summed E-state index contributed by atoms with van der Waals surface area (Å²) >= 11 is 0. The number of hydrogen-bond donors (Lipinski definition) is 1. The van der Waals surface area contributed by atoms with Gasteiger partial charge in [0, 0.05) is 36.1 Å². The van der Waals surface area contributed by atoms with Gasteiger partial charge in [0.15, 0.2) is 0 Å². The molecule has 0 fully saturated rings. The third kappa shape index (κ3) is 2.54. The Labute approximate surface area is 139 Å². The maximum Gasteiger partial charge on any atom is 0.223 e. The number of nitrogens with zero attached hydrogens (tertiary/aromatic N) is 4. The van der Waals surface area contributed by atoms with Crippen molar-refractivity contribution < 1.29 is 4.39 Å². The molecular formula is C18H18FN5. The molecule has 0 unspecified atom stereocenters. The Kier molecular flexibility index (Phi) is 3.72. The van der Waals surface area contributed by atoms with E-state index in [4.69, 9.17) is 5.10 Å². The van der Waals surface area contributed by atoms with Gasteiger partial charge in [-0.25, -0.2) is 14.4 Å². The molecule has 0 aliphatic carbocycles. The zero-order valence-electron chi connectivity index (χ0n) is 13.5. The fourth-order valence-electron chi connectivity index (χ4n) is 3.15. The first-order valence-corrected chi connectivity index (χ1v) is 8.19. The van der Waals surface area contributed by atoms with E-state index in [9.17, 15) is 4.39 Å². The van der Waals surface area contributed by atoms with Gasteiger partial charge in [-0.3, -0.25) is 4.68 Å². The van der Waals surface area contributed by atoms with Crippen molar-refractivity contribution in [3.63, 3.8) is 0 Å². The minimum absolute atomic E-state index is 0.247. The lowest BCUT2D eigenvalue weighted by atomic mass is 10.0. The van der Waals surface area contributed by atoms with Crippen LogP contribution in [0.5, 0.6) is 0 Å². The van der Waals surface area contributed by atoms with Crippen molar-refractivity contribution in [3.05, 3.63) is 48.0 Å². The second-order valence-corrected chi connectivity index (χ2v) is 5.80. The number of aryl methyl sites for hydroxylation is 1. The largest absolute Gasteiger partial charge is 0.354 e. The van der Waals surface area contributed by atoms with E-state index in [-0.39, 0.29) is 5.82 Å². The SMILES string of the molecule is CCNc1nccc(-c2c(-c3ccc(F)cc3)nn3c2CCC3)n1. The van der Waals surface area contributed by atoms with Crippen molar-refractivity contribution in [2.24, 2.45) is 0 Å². The first-order chi connectivity index (χ1) is 11.8. The number of anilines is 1. The molecule has 0 radical (unpaired) electrons. The average Bonchev–Trinajstić information content (AvgIpc) is 3.17. The van der Waals surface area contributed by atoms with E-state index in [0.29, 0.717) is 5.95 Å². The van der Waals surface area contributed by atoms with Gasteiger partial charge < -0.3 is 5.32 Å². The minimum Gasteiger partial charge on any atom is -0.354 e. The van der Waals surface area contributed by atoms with Gasteiger partial charge in [-0.05, 0) is 50.1 Å². The van der Waals surface area contributed by atoms with Gasteiger partial charge in [0.2, 0.25) is 5.95 Å². The molecule has 2 aromatic heterocycles. The topological polar surface area (TPSA) is 55.6 Å². The molecule has 1 aromatic carbocycles. The van der Waals surface area contributed by atoms with Gasteiger partial charge >= 0.3 is 0 Å². The van der Waals surface area contributed by atoms with Gasteiger partial charge in [0.1, 0.15) is 11.5 Å². The normalized spacial score (nSPS) is 13.1. The van der Waals surface area contributed by atoms with Crippen LogP contribution in [0.1, 0.15) is 19.0 Å². The molecule has 3 heterocycles. The van der Waals surface area contributed by atoms with E-state index in [1.165, 1.54) is 17.8 Å². The van der Waals surface area contributed by atoms with Crippen LogP contribution < -0.4 is 5.32 Å². The summed E-state index contributed by atoms with van der Waals surface area (Å²) in [5.41, 5.74) is 4.82. The van der Waals surface area contributed by atoms with Crippen LogP contribution in [-0.2, 0) is 13.0 Å². The van der Waals surface area contributed by atoms with Gasteiger partial charge in [-0.2, -0.15) is 5.10 Å². The number of aromatic nitrogens is 4. The molecule has 0 atom stereocenters. The van der Waals surface area contributed by atoms with Crippen molar-refractivity contribution in [2.45, 2.75) is 26.3 Å².